The first-order valence-electron chi connectivity index (χ1n) is 6.68. The first kappa shape index (κ1) is 16.8. The monoisotopic (exact) mass is 344 g/mol. The van der Waals surface area contributed by atoms with Crippen molar-refractivity contribution in [3.8, 4) is 0 Å². The Labute approximate surface area is 127 Å². The number of halogens is 1. The number of rotatable bonds is 6. The molecule has 1 rings (SSSR count). The molecule has 0 saturated heterocycles. The third-order valence-electron chi connectivity index (χ3n) is 3.19. The molecular formula is C14H21BrN2O3. The number of hydrogen-bond acceptors (Lipinski definition) is 2. The molecule has 5 nitrogen and oxygen atoms in total. The van der Waals surface area contributed by atoms with E-state index in [9.17, 15) is 9.59 Å². The van der Waals surface area contributed by atoms with Crippen LogP contribution >= 0.6 is 15.9 Å². The van der Waals surface area contributed by atoms with Crippen molar-refractivity contribution in [3.05, 3.63) is 22.4 Å². The predicted octanol–water partition coefficient (Wildman–Crippen LogP) is 3.16. The molecule has 0 aliphatic carbocycles. The van der Waals surface area contributed by atoms with E-state index in [2.05, 4.69) is 15.9 Å². The van der Waals surface area contributed by atoms with Gasteiger partial charge < -0.3 is 14.6 Å². The number of nitrogens with zero attached hydrogens (tertiary/aromatic N) is 2. The second-order valence-electron chi connectivity index (χ2n) is 5.08. The fraction of sp³-hybridized carbons (Fsp3) is 0.571. The van der Waals surface area contributed by atoms with Gasteiger partial charge in [-0.2, -0.15) is 0 Å². The number of hydrogen-bond donors (Lipinski definition) is 1. The maximum Gasteiger partial charge on any atom is 0.305 e. The van der Waals surface area contributed by atoms with Gasteiger partial charge in [0.2, 0.25) is 0 Å². The first-order valence-corrected chi connectivity index (χ1v) is 7.47. The van der Waals surface area contributed by atoms with Gasteiger partial charge in [-0.1, -0.05) is 0 Å². The van der Waals surface area contributed by atoms with E-state index in [1.807, 2.05) is 31.5 Å². The molecular weight excluding hydrogens is 324 g/mol. The Morgan fingerprint density at radius 3 is 2.45 bits per heavy atom. The van der Waals surface area contributed by atoms with Crippen molar-refractivity contribution in [2.75, 3.05) is 6.54 Å². The molecule has 20 heavy (non-hydrogen) atoms. The lowest BCUT2D eigenvalue weighted by molar-refractivity contribution is -0.138. The van der Waals surface area contributed by atoms with E-state index < -0.39 is 5.97 Å². The van der Waals surface area contributed by atoms with Crippen molar-refractivity contribution in [2.24, 2.45) is 0 Å². The Balaban J connectivity index is 3.05. The summed E-state index contributed by atoms with van der Waals surface area (Å²) in [4.78, 5) is 25.0. The summed E-state index contributed by atoms with van der Waals surface area (Å²) in [5.41, 5.74) is 0.575. The van der Waals surface area contributed by atoms with Gasteiger partial charge in [0.15, 0.2) is 0 Å². The highest BCUT2D eigenvalue weighted by Gasteiger charge is 2.25. The van der Waals surface area contributed by atoms with Gasteiger partial charge in [0, 0.05) is 29.3 Å². The summed E-state index contributed by atoms with van der Waals surface area (Å²) in [6, 6.07) is 1.60. The first-order chi connectivity index (χ1) is 9.27. The van der Waals surface area contributed by atoms with E-state index in [4.69, 9.17) is 5.11 Å². The summed E-state index contributed by atoms with van der Waals surface area (Å²) in [6.45, 7) is 8.09. The van der Waals surface area contributed by atoms with Crippen molar-refractivity contribution < 1.29 is 14.7 Å². The lowest BCUT2D eigenvalue weighted by atomic mass is 10.2. The Kier molecular flexibility index (Phi) is 5.80. The molecule has 1 amide bonds. The van der Waals surface area contributed by atoms with Gasteiger partial charge in [0.1, 0.15) is 5.69 Å². The molecule has 0 aromatic carbocycles. The normalized spacial score (nSPS) is 12.5. The van der Waals surface area contributed by atoms with E-state index in [-0.39, 0.29) is 24.4 Å². The van der Waals surface area contributed by atoms with E-state index in [1.54, 1.807) is 17.9 Å². The van der Waals surface area contributed by atoms with Gasteiger partial charge >= 0.3 is 5.97 Å². The fourth-order valence-corrected chi connectivity index (χ4v) is 2.65. The highest BCUT2D eigenvalue weighted by Crippen LogP contribution is 2.21. The average molecular weight is 345 g/mol. The van der Waals surface area contributed by atoms with Crippen molar-refractivity contribution in [1.82, 2.24) is 9.47 Å². The molecule has 0 aliphatic heterocycles. The molecule has 1 aromatic heterocycles. The van der Waals surface area contributed by atoms with E-state index >= 15 is 0 Å². The SMILES string of the molecule is CCN(C(=O)c1cc(Br)cn1C(C)C)C(C)CC(=O)O. The highest BCUT2D eigenvalue weighted by atomic mass is 79.9. The number of carbonyl (C=O) groups is 2. The van der Waals surface area contributed by atoms with Crippen LogP contribution in [0.1, 0.15) is 50.6 Å². The molecule has 1 heterocycles. The van der Waals surface area contributed by atoms with Crippen molar-refractivity contribution >= 4 is 27.8 Å². The Morgan fingerprint density at radius 1 is 1.40 bits per heavy atom. The van der Waals surface area contributed by atoms with Gasteiger partial charge in [-0.05, 0) is 49.7 Å². The zero-order valence-corrected chi connectivity index (χ0v) is 13.8. The quantitative estimate of drug-likeness (QED) is 0.861. The molecule has 6 heteroatoms. The third-order valence-corrected chi connectivity index (χ3v) is 3.63. The van der Waals surface area contributed by atoms with Crippen LogP contribution in [0.2, 0.25) is 0 Å². The molecule has 0 radical (unpaired) electrons. The summed E-state index contributed by atoms with van der Waals surface area (Å²) in [7, 11) is 0. The number of amides is 1. The van der Waals surface area contributed by atoms with Crippen LogP contribution in [0.3, 0.4) is 0 Å². The minimum absolute atomic E-state index is 0.0524. The summed E-state index contributed by atoms with van der Waals surface area (Å²) in [5.74, 6) is -1.04. The van der Waals surface area contributed by atoms with Gasteiger partial charge in [-0.25, -0.2) is 0 Å². The number of carboxylic acids is 1. The smallest absolute Gasteiger partial charge is 0.305 e. The van der Waals surface area contributed by atoms with Gasteiger partial charge in [0.25, 0.3) is 5.91 Å². The molecule has 0 spiro atoms. The number of aliphatic carboxylic acids is 1. The van der Waals surface area contributed by atoms with E-state index in [0.717, 1.165) is 4.47 Å². The minimum Gasteiger partial charge on any atom is -0.481 e. The molecule has 0 fully saturated rings. The number of carboxylic acid groups (broad SMARTS) is 1. The second kappa shape index (κ2) is 6.92. The lowest BCUT2D eigenvalue weighted by Crippen LogP contribution is -2.40. The van der Waals surface area contributed by atoms with Gasteiger partial charge in [-0.3, -0.25) is 9.59 Å². The standard InChI is InChI=1S/C14H21BrN2O3/c1-5-16(10(4)6-13(18)19)14(20)12-7-11(15)8-17(12)9(2)3/h7-10H,5-6H2,1-4H3,(H,18,19). The Hall–Kier alpha value is -1.30. The van der Waals surface area contributed by atoms with Gasteiger partial charge in [-0.15, -0.1) is 0 Å². The maximum absolute atomic E-state index is 12.6. The van der Waals surface area contributed by atoms with Crippen molar-refractivity contribution in [1.29, 1.82) is 0 Å². The van der Waals surface area contributed by atoms with E-state index in [1.165, 1.54) is 0 Å². The molecule has 112 valence electrons. The molecule has 1 aromatic rings. The number of carbonyl (C=O) groups excluding carboxylic acids is 1. The topological polar surface area (TPSA) is 62.5 Å². The molecule has 0 aliphatic rings. The van der Waals surface area contributed by atoms with Crippen molar-refractivity contribution in [3.63, 3.8) is 0 Å². The Morgan fingerprint density at radius 2 is 2.00 bits per heavy atom. The van der Waals surface area contributed by atoms with Crippen molar-refractivity contribution in [2.45, 2.75) is 46.2 Å². The average Bonchev–Trinajstić information content (AvgIpc) is 2.71. The van der Waals surface area contributed by atoms with Crippen LogP contribution in [0.4, 0.5) is 0 Å². The molecule has 1 atom stereocenters. The second-order valence-corrected chi connectivity index (χ2v) is 6.00. The predicted molar refractivity (Wildman–Crippen MR) is 80.9 cm³/mol. The van der Waals surface area contributed by atoms with Crippen LogP contribution in [-0.4, -0.2) is 39.0 Å². The van der Waals surface area contributed by atoms with E-state index in [0.29, 0.717) is 12.2 Å². The summed E-state index contributed by atoms with van der Waals surface area (Å²) < 4.78 is 2.74. The fourth-order valence-electron chi connectivity index (χ4n) is 2.21. The summed E-state index contributed by atoms with van der Waals surface area (Å²) in [6.07, 6.45) is 1.82. The summed E-state index contributed by atoms with van der Waals surface area (Å²) in [5, 5.41) is 8.88. The highest BCUT2D eigenvalue weighted by molar-refractivity contribution is 9.10. The molecule has 1 N–H and O–H groups in total. The lowest BCUT2D eigenvalue weighted by Gasteiger charge is -2.28. The van der Waals surface area contributed by atoms with Crippen LogP contribution in [0.25, 0.3) is 0 Å². The molecule has 0 bridgehead atoms. The minimum atomic E-state index is -0.899. The zero-order chi connectivity index (χ0) is 15.4. The largest absolute Gasteiger partial charge is 0.481 e. The van der Waals surface area contributed by atoms with Crippen LogP contribution in [0.5, 0.6) is 0 Å². The van der Waals surface area contributed by atoms with Crippen LogP contribution in [0.15, 0.2) is 16.7 Å². The van der Waals surface area contributed by atoms with Gasteiger partial charge in [0.05, 0.1) is 6.42 Å². The Bertz CT molecular complexity index is 497. The summed E-state index contributed by atoms with van der Waals surface area (Å²) >= 11 is 3.38. The van der Waals surface area contributed by atoms with Crippen LogP contribution in [0, 0.1) is 0 Å². The zero-order valence-electron chi connectivity index (χ0n) is 12.3. The maximum atomic E-state index is 12.6. The van der Waals surface area contributed by atoms with Crippen LogP contribution < -0.4 is 0 Å². The van der Waals surface area contributed by atoms with Crippen LogP contribution in [-0.2, 0) is 4.79 Å². The third kappa shape index (κ3) is 3.85. The molecule has 1 unspecified atom stereocenters. The molecule has 0 saturated carbocycles. The number of aromatic nitrogens is 1.